The number of ether oxygens (including phenoxy) is 1. The Morgan fingerprint density at radius 2 is 2.00 bits per heavy atom. The van der Waals surface area contributed by atoms with Gasteiger partial charge in [0.05, 0.1) is 19.3 Å². The average Bonchev–Trinajstić information content (AvgIpc) is 2.59. The molecule has 23 heavy (non-hydrogen) atoms. The summed E-state index contributed by atoms with van der Waals surface area (Å²) in [6.45, 7) is 6.84. The Bertz CT molecular complexity index is 596. The molecule has 0 saturated heterocycles. The lowest BCUT2D eigenvalue weighted by Gasteiger charge is -2.12. The number of nitrogens with one attached hydrogen (secondary N) is 2. The average molecular weight is 312 g/mol. The van der Waals surface area contributed by atoms with E-state index < -0.39 is 0 Å². The standard InChI is InChI=1S/C18H24N4O/c1-3-20-18(22-13-16-8-6-15(2)7-9-16)21-11-12-23-17-5-4-10-19-14-17/h4-10,14H,3,11-13H2,1-2H3,(H2,20,21,22). The highest BCUT2D eigenvalue weighted by Gasteiger charge is 1.98. The van der Waals surface area contributed by atoms with Gasteiger partial charge >= 0.3 is 0 Å². The molecule has 5 heteroatoms. The van der Waals surface area contributed by atoms with E-state index in [9.17, 15) is 0 Å². The van der Waals surface area contributed by atoms with Gasteiger partial charge in [-0.05, 0) is 31.5 Å². The van der Waals surface area contributed by atoms with E-state index in [1.54, 1.807) is 12.4 Å². The van der Waals surface area contributed by atoms with Crippen LogP contribution in [0.1, 0.15) is 18.1 Å². The summed E-state index contributed by atoms with van der Waals surface area (Å²) in [5.41, 5.74) is 2.45. The van der Waals surface area contributed by atoms with Gasteiger partial charge < -0.3 is 15.4 Å². The number of aryl methyl sites for hydroxylation is 1. The van der Waals surface area contributed by atoms with Crippen molar-refractivity contribution < 1.29 is 4.74 Å². The molecule has 0 aliphatic carbocycles. The SMILES string of the molecule is CCNC(=NCc1ccc(C)cc1)NCCOc1cccnc1. The Hall–Kier alpha value is -2.56. The van der Waals surface area contributed by atoms with Gasteiger partial charge in [-0.1, -0.05) is 29.8 Å². The van der Waals surface area contributed by atoms with E-state index in [0.29, 0.717) is 19.7 Å². The molecule has 1 aromatic carbocycles. The first-order chi connectivity index (χ1) is 11.3. The first-order valence-corrected chi connectivity index (χ1v) is 7.88. The maximum atomic E-state index is 5.60. The molecule has 0 fully saturated rings. The minimum Gasteiger partial charge on any atom is -0.490 e. The van der Waals surface area contributed by atoms with Crippen LogP contribution in [0.15, 0.2) is 53.8 Å². The Morgan fingerprint density at radius 1 is 1.17 bits per heavy atom. The lowest BCUT2D eigenvalue weighted by atomic mass is 10.1. The van der Waals surface area contributed by atoms with Crippen molar-refractivity contribution in [1.29, 1.82) is 0 Å². The smallest absolute Gasteiger partial charge is 0.191 e. The zero-order valence-corrected chi connectivity index (χ0v) is 13.7. The molecule has 0 aliphatic heterocycles. The van der Waals surface area contributed by atoms with E-state index in [-0.39, 0.29) is 0 Å². The van der Waals surface area contributed by atoms with Crippen LogP contribution in [0.2, 0.25) is 0 Å². The van der Waals surface area contributed by atoms with Crippen molar-refractivity contribution >= 4 is 5.96 Å². The minimum absolute atomic E-state index is 0.556. The van der Waals surface area contributed by atoms with Crippen LogP contribution >= 0.6 is 0 Å². The monoisotopic (exact) mass is 312 g/mol. The molecule has 0 amide bonds. The minimum atomic E-state index is 0.556. The highest BCUT2D eigenvalue weighted by Crippen LogP contribution is 2.05. The van der Waals surface area contributed by atoms with E-state index in [1.165, 1.54) is 11.1 Å². The molecule has 0 spiro atoms. The lowest BCUT2D eigenvalue weighted by Crippen LogP contribution is -2.39. The highest BCUT2D eigenvalue weighted by atomic mass is 16.5. The number of aliphatic imine (C=N–C) groups is 1. The molecule has 122 valence electrons. The van der Waals surface area contributed by atoms with Crippen LogP contribution in [-0.4, -0.2) is 30.6 Å². The molecular weight excluding hydrogens is 288 g/mol. The van der Waals surface area contributed by atoms with Gasteiger partial charge in [0.2, 0.25) is 0 Å². The number of hydrogen-bond donors (Lipinski definition) is 2. The van der Waals surface area contributed by atoms with Gasteiger partial charge in [-0.15, -0.1) is 0 Å². The van der Waals surface area contributed by atoms with E-state index in [0.717, 1.165) is 18.3 Å². The molecule has 1 aromatic heterocycles. The summed E-state index contributed by atoms with van der Waals surface area (Å²) in [7, 11) is 0. The van der Waals surface area contributed by atoms with E-state index in [4.69, 9.17) is 4.74 Å². The molecular formula is C18H24N4O. The summed E-state index contributed by atoms with van der Waals surface area (Å²) >= 11 is 0. The van der Waals surface area contributed by atoms with Gasteiger partial charge in [-0.25, -0.2) is 4.99 Å². The Labute approximate surface area is 137 Å². The Morgan fingerprint density at radius 3 is 2.70 bits per heavy atom. The van der Waals surface area contributed by atoms with Crippen molar-refractivity contribution in [2.75, 3.05) is 19.7 Å². The van der Waals surface area contributed by atoms with Gasteiger partial charge in [0.25, 0.3) is 0 Å². The van der Waals surface area contributed by atoms with Crippen molar-refractivity contribution in [3.63, 3.8) is 0 Å². The van der Waals surface area contributed by atoms with Crippen molar-refractivity contribution in [3.8, 4) is 5.75 Å². The number of nitrogens with zero attached hydrogens (tertiary/aromatic N) is 2. The molecule has 0 saturated carbocycles. The molecule has 0 atom stereocenters. The molecule has 0 unspecified atom stereocenters. The molecule has 1 heterocycles. The van der Waals surface area contributed by atoms with Crippen molar-refractivity contribution in [2.24, 2.45) is 4.99 Å². The predicted molar refractivity (Wildman–Crippen MR) is 93.7 cm³/mol. The molecule has 2 rings (SSSR count). The van der Waals surface area contributed by atoms with E-state index in [2.05, 4.69) is 58.7 Å². The fraction of sp³-hybridized carbons (Fsp3) is 0.333. The quantitative estimate of drug-likeness (QED) is 0.468. The largest absolute Gasteiger partial charge is 0.490 e. The van der Waals surface area contributed by atoms with Crippen LogP contribution in [0.5, 0.6) is 5.75 Å². The van der Waals surface area contributed by atoms with Crippen molar-refractivity contribution in [2.45, 2.75) is 20.4 Å². The fourth-order valence-electron chi connectivity index (χ4n) is 1.98. The van der Waals surface area contributed by atoms with Gasteiger partial charge in [0.15, 0.2) is 5.96 Å². The summed E-state index contributed by atoms with van der Waals surface area (Å²) in [5, 5.41) is 6.50. The van der Waals surface area contributed by atoms with Crippen molar-refractivity contribution in [1.82, 2.24) is 15.6 Å². The van der Waals surface area contributed by atoms with E-state index in [1.807, 2.05) is 12.1 Å². The molecule has 0 aliphatic rings. The normalized spacial score (nSPS) is 11.1. The van der Waals surface area contributed by atoms with E-state index >= 15 is 0 Å². The van der Waals surface area contributed by atoms with Gasteiger partial charge in [-0.3, -0.25) is 4.98 Å². The van der Waals surface area contributed by atoms with Crippen LogP contribution in [0.3, 0.4) is 0 Å². The zero-order chi connectivity index (χ0) is 16.3. The summed E-state index contributed by atoms with van der Waals surface area (Å²) in [6.07, 6.45) is 3.43. The second kappa shape index (κ2) is 9.46. The number of pyridine rings is 1. The number of rotatable bonds is 7. The summed E-state index contributed by atoms with van der Waals surface area (Å²) in [6, 6.07) is 12.2. The number of hydrogen-bond acceptors (Lipinski definition) is 3. The first-order valence-electron chi connectivity index (χ1n) is 7.88. The topological polar surface area (TPSA) is 58.5 Å². The van der Waals surface area contributed by atoms with Crippen LogP contribution in [0.4, 0.5) is 0 Å². The number of guanidine groups is 1. The first kappa shape index (κ1) is 16.8. The highest BCUT2D eigenvalue weighted by molar-refractivity contribution is 5.79. The second-order valence-electron chi connectivity index (χ2n) is 5.14. The number of aromatic nitrogens is 1. The molecule has 2 N–H and O–H groups in total. The van der Waals surface area contributed by atoms with Gasteiger partial charge in [0.1, 0.15) is 12.4 Å². The molecule has 0 radical (unpaired) electrons. The second-order valence-corrected chi connectivity index (χ2v) is 5.14. The third-order valence-electron chi connectivity index (χ3n) is 3.18. The number of benzene rings is 1. The van der Waals surface area contributed by atoms with Crippen LogP contribution in [-0.2, 0) is 6.54 Å². The molecule has 5 nitrogen and oxygen atoms in total. The third-order valence-corrected chi connectivity index (χ3v) is 3.18. The fourth-order valence-corrected chi connectivity index (χ4v) is 1.98. The maximum Gasteiger partial charge on any atom is 0.191 e. The summed E-state index contributed by atoms with van der Waals surface area (Å²) in [4.78, 5) is 8.60. The van der Waals surface area contributed by atoms with Gasteiger partial charge in [-0.2, -0.15) is 0 Å². The van der Waals surface area contributed by atoms with Crippen LogP contribution < -0.4 is 15.4 Å². The van der Waals surface area contributed by atoms with Crippen LogP contribution in [0.25, 0.3) is 0 Å². The molecule has 2 aromatic rings. The zero-order valence-electron chi connectivity index (χ0n) is 13.7. The Kier molecular flexibility index (Phi) is 6.91. The molecule has 0 bridgehead atoms. The van der Waals surface area contributed by atoms with Crippen molar-refractivity contribution in [3.05, 3.63) is 59.9 Å². The maximum absolute atomic E-state index is 5.60. The van der Waals surface area contributed by atoms with Crippen LogP contribution in [0, 0.1) is 6.92 Å². The van der Waals surface area contributed by atoms with Gasteiger partial charge in [0, 0.05) is 12.7 Å². The third kappa shape index (κ3) is 6.38. The summed E-state index contributed by atoms with van der Waals surface area (Å²) in [5.74, 6) is 1.57. The summed E-state index contributed by atoms with van der Waals surface area (Å²) < 4.78 is 5.60. The Balaban J connectivity index is 1.78. The lowest BCUT2D eigenvalue weighted by molar-refractivity contribution is 0.320. The predicted octanol–water partition coefficient (Wildman–Crippen LogP) is 2.52.